The second-order valence-corrected chi connectivity index (χ2v) is 9.68. The Bertz CT molecular complexity index is 1320. The van der Waals surface area contributed by atoms with Crippen LogP contribution in [0.4, 0.5) is 11.4 Å². The Balaban J connectivity index is 1.32. The van der Waals surface area contributed by atoms with E-state index in [1.807, 2.05) is 32.0 Å². The maximum Gasteiger partial charge on any atom is 0.338 e. The summed E-state index contributed by atoms with van der Waals surface area (Å²) in [7, 11) is 0. The Kier molecular flexibility index (Phi) is 7.64. The molecule has 0 aliphatic carbocycles. The molecule has 7 nitrogen and oxygen atoms in total. The number of rotatable bonds is 7. The van der Waals surface area contributed by atoms with Crippen molar-refractivity contribution < 1.29 is 23.9 Å². The van der Waals surface area contributed by atoms with E-state index in [0.717, 1.165) is 21.3 Å². The Morgan fingerprint density at radius 3 is 2.33 bits per heavy atom. The van der Waals surface area contributed by atoms with Crippen LogP contribution in [0.25, 0.3) is 0 Å². The number of hydrogen-bond donors (Lipinski definition) is 1. The van der Waals surface area contributed by atoms with Crippen molar-refractivity contribution in [3.05, 3.63) is 93.5 Å². The lowest BCUT2D eigenvalue weighted by atomic mass is 10.1. The number of benzene rings is 3. The molecule has 4 rings (SSSR count). The predicted molar refractivity (Wildman–Crippen MR) is 140 cm³/mol. The highest BCUT2D eigenvalue weighted by Gasteiger charge is 2.35. The van der Waals surface area contributed by atoms with Crippen molar-refractivity contribution in [2.75, 3.05) is 23.4 Å². The van der Waals surface area contributed by atoms with E-state index in [-0.39, 0.29) is 36.2 Å². The molecular formula is C28H25BrN2O5. The molecule has 1 heterocycles. The summed E-state index contributed by atoms with van der Waals surface area (Å²) in [5, 5.41) is 2.82. The van der Waals surface area contributed by atoms with E-state index in [9.17, 15) is 19.2 Å². The van der Waals surface area contributed by atoms with E-state index in [1.54, 1.807) is 41.3 Å². The Labute approximate surface area is 217 Å². The highest BCUT2D eigenvalue weighted by atomic mass is 79.9. The molecule has 0 spiro atoms. The molecule has 3 aromatic carbocycles. The molecule has 1 atom stereocenters. The van der Waals surface area contributed by atoms with E-state index in [4.69, 9.17) is 4.74 Å². The minimum Gasteiger partial charge on any atom is -0.454 e. The summed E-state index contributed by atoms with van der Waals surface area (Å²) in [6.07, 6.45) is 0.135. The number of aryl methyl sites for hydroxylation is 2. The second-order valence-electron chi connectivity index (χ2n) is 8.77. The van der Waals surface area contributed by atoms with E-state index < -0.39 is 11.9 Å². The van der Waals surface area contributed by atoms with Gasteiger partial charge < -0.3 is 15.0 Å². The van der Waals surface area contributed by atoms with Gasteiger partial charge in [-0.2, -0.15) is 0 Å². The van der Waals surface area contributed by atoms with E-state index >= 15 is 0 Å². The van der Waals surface area contributed by atoms with Gasteiger partial charge in [0.25, 0.3) is 0 Å². The summed E-state index contributed by atoms with van der Waals surface area (Å²) in [4.78, 5) is 51.6. The number of ketones is 1. The van der Waals surface area contributed by atoms with Crippen molar-refractivity contribution in [2.24, 2.45) is 5.92 Å². The molecular weight excluding hydrogens is 524 g/mol. The SMILES string of the molecule is Cc1ccc(C)c(N2C[C@@H](C(=O)Nc3ccc(C(=O)OCC(=O)c4ccc(Br)cc4)cc3)CC2=O)c1. The third kappa shape index (κ3) is 5.88. The normalized spacial score (nSPS) is 15.0. The number of Topliss-reactive ketones (excluding diaryl/α,β-unsaturated/α-hetero) is 1. The highest BCUT2D eigenvalue weighted by molar-refractivity contribution is 9.10. The number of nitrogens with zero attached hydrogens (tertiary/aromatic N) is 1. The molecule has 0 bridgehead atoms. The molecule has 3 aromatic rings. The summed E-state index contributed by atoms with van der Waals surface area (Å²) in [6.45, 7) is 3.85. The number of nitrogens with one attached hydrogen (secondary N) is 1. The zero-order valence-electron chi connectivity index (χ0n) is 19.9. The fraction of sp³-hybridized carbons (Fsp3) is 0.214. The molecule has 1 fully saturated rings. The van der Waals surface area contributed by atoms with Crippen LogP contribution in [0, 0.1) is 19.8 Å². The Hall–Kier alpha value is -3.78. The number of esters is 1. The lowest BCUT2D eigenvalue weighted by Gasteiger charge is -2.19. The quantitative estimate of drug-likeness (QED) is 0.327. The van der Waals surface area contributed by atoms with Crippen LogP contribution in [0.15, 0.2) is 71.2 Å². The molecule has 1 aliphatic rings. The van der Waals surface area contributed by atoms with Gasteiger partial charge in [-0.3, -0.25) is 14.4 Å². The van der Waals surface area contributed by atoms with Crippen molar-refractivity contribution in [1.82, 2.24) is 0 Å². The summed E-state index contributed by atoms with van der Waals surface area (Å²) in [5.74, 6) is -1.76. The Morgan fingerprint density at radius 1 is 0.972 bits per heavy atom. The molecule has 0 unspecified atom stereocenters. The summed E-state index contributed by atoms with van der Waals surface area (Å²) in [5.41, 5.74) is 4.07. The van der Waals surface area contributed by atoms with Crippen LogP contribution in [0.1, 0.15) is 38.3 Å². The number of halogens is 1. The highest BCUT2D eigenvalue weighted by Crippen LogP contribution is 2.29. The average Bonchev–Trinajstić information content (AvgIpc) is 3.26. The maximum absolute atomic E-state index is 12.8. The van der Waals surface area contributed by atoms with Gasteiger partial charge in [0.05, 0.1) is 11.5 Å². The van der Waals surface area contributed by atoms with Crippen molar-refractivity contribution in [3.63, 3.8) is 0 Å². The smallest absolute Gasteiger partial charge is 0.338 e. The third-order valence-corrected chi connectivity index (χ3v) is 6.57. The number of amides is 2. The van der Waals surface area contributed by atoms with Gasteiger partial charge in [-0.05, 0) is 67.4 Å². The molecule has 1 saturated heterocycles. The molecule has 8 heteroatoms. The predicted octanol–water partition coefficient (Wildman–Crippen LogP) is 5.10. The summed E-state index contributed by atoms with van der Waals surface area (Å²) in [6, 6.07) is 18.9. The maximum atomic E-state index is 12.8. The van der Waals surface area contributed by atoms with Gasteiger partial charge in [0.2, 0.25) is 11.8 Å². The number of carbonyl (C=O) groups excluding carboxylic acids is 4. The van der Waals surface area contributed by atoms with E-state index in [1.165, 1.54) is 12.1 Å². The molecule has 1 aliphatic heterocycles. The van der Waals surface area contributed by atoms with E-state index in [0.29, 0.717) is 17.8 Å². The van der Waals surface area contributed by atoms with Crippen LogP contribution in [-0.4, -0.2) is 36.7 Å². The second kappa shape index (κ2) is 10.9. The number of anilines is 2. The van der Waals surface area contributed by atoms with Crippen LogP contribution in [-0.2, 0) is 14.3 Å². The summed E-state index contributed by atoms with van der Waals surface area (Å²) >= 11 is 3.31. The molecule has 36 heavy (non-hydrogen) atoms. The monoisotopic (exact) mass is 548 g/mol. The first-order chi connectivity index (χ1) is 17.2. The third-order valence-electron chi connectivity index (χ3n) is 6.04. The first-order valence-electron chi connectivity index (χ1n) is 11.5. The van der Waals surface area contributed by atoms with Crippen LogP contribution < -0.4 is 10.2 Å². The summed E-state index contributed by atoms with van der Waals surface area (Å²) < 4.78 is 5.98. The van der Waals surface area contributed by atoms with Crippen LogP contribution in [0.2, 0.25) is 0 Å². The van der Waals surface area contributed by atoms with Crippen molar-refractivity contribution in [2.45, 2.75) is 20.3 Å². The van der Waals surface area contributed by atoms with Crippen molar-refractivity contribution in [3.8, 4) is 0 Å². The van der Waals surface area contributed by atoms with Crippen LogP contribution >= 0.6 is 15.9 Å². The standard InChI is InChI=1S/C28H25BrN2O5/c1-17-3-4-18(2)24(13-17)31-15-21(14-26(31)33)27(34)30-23-11-7-20(8-12-23)28(35)36-16-25(32)19-5-9-22(29)10-6-19/h3-13,21H,14-16H2,1-2H3,(H,30,34)/t21-/m0/s1. The lowest BCUT2D eigenvalue weighted by molar-refractivity contribution is -0.122. The molecule has 0 saturated carbocycles. The first kappa shape index (κ1) is 25.3. The van der Waals surface area contributed by atoms with Gasteiger partial charge in [0, 0.05) is 34.4 Å². The van der Waals surface area contributed by atoms with Gasteiger partial charge in [0.15, 0.2) is 12.4 Å². The lowest BCUT2D eigenvalue weighted by Crippen LogP contribution is -2.28. The van der Waals surface area contributed by atoms with Gasteiger partial charge in [-0.15, -0.1) is 0 Å². The molecule has 0 radical (unpaired) electrons. The number of carbonyl (C=O) groups is 4. The van der Waals surface area contributed by atoms with Crippen LogP contribution in [0.5, 0.6) is 0 Å². The largest absolute Gasteiger partial charge is 0.454 e. The van der Waals surface area contributed by atoms with Gasteiger partial charge in [-0.25, -0.2) is 4.79 Å². The zero-order valence-corrected chi connectivity index (χ0v) is 21.5. The molecule has 0 aromatic heterocycles. The number of ether oxygens (including phenoxy) is 1. The zero-order chi connectivity index (χ0) is 25.8. The minimum atomic E-state index is -0.635. The number of hydrogen-bond acceptors (Lipinski definition) is 5. The molecule has 2 amide bonds. The van der Waals surface area contributed by atoms with Gasteiger partial charge in [-0.1, -0.05) is 40.2 Å². The van der Waals surface area contributed by atoms with Crippen LogP contribution in [0.3, 0.4) is 0 Å². The fourth-order valence-corrected chi connectivity index (χ4v) is 4.26. The first-order valence-corrected chi connectivity index (χ1v) is 12.2. The van der Waals surface area contributed by atoms with Crippen molar-refractivity contribution in [1.29, 1.82) is 0 Å². The average molecular weight is 549 g/mol. The fourth-order valence-electron chi connectivity index (χ4n) is 3.99. The topological polar surface area (TPSA) is 92.8 Å². The van der Waals surface area contributed by atoms with Crippen molar-refractivity contribution >= 4 is 50.9 Å². The van der Waals surface area contributed by atoms with Gasteiger partial charge >= 0.3 is 5.97 Å². The van der Waals surface area contributed by atoms with E-state index in [2.05, 4.69) is 21.2 Å². The molecule has 1 N–H and O–H groups in total. The Morgan fingerprint density at radius 2 is 1.64 bits per heavy atom. The minimum absolute atomic E-state index is 0.0837. The molecule has 184 valence electrons. The van der Waals surface area contributed by atoms with Gasteiger partial charge in [0.1, 0.15) is 0 Å².